The van der Waals surface area contributed by atoms with Crippen LogP contribution in [0.4, 0.5) is 0 Å². The largest absolute Gasteiger partial charge is 0.476 e. The third kappa shape index (κ3) is 2.82. The van der Waals surface area contributed by atoms with E-state index in [1.54, 1.807) is 16.7 Å². The number of aromatic nitrogens is 2. The summed E-state index contributed by atoms with van der Waals surface area (Å²) in [5.41, 5.74) is 0.291. The van der Waals surface area contributed by atoms with Crippen LogP contribution in [0.15, 0.2) is 29.1 Å². The molecule has 128 valence electrons. The Morgan fingerprint density at radius 3 is 2.71 bits per heavy atom. The fourth-order valence-corrected chi connectivity index (χ4v) is 3.72. The Bertz CT molecular complexity index is 830. The summed E-state index contributed by atoms with van der Waals surface area (Å²) in [6.07, 6.45) is 3.07. The van der Waals surface area contributed by atoms with E-state index in [9.17, 15) is 14.7 Å². The van der Waals surface area contributed by atoms with Gasteiger partial charge in [0.15, 0.2) is 0 Å². The number of nitrogens with zero attached hydrogens (tertiary/aromatic N) is 3. The second kappa shape index (κ2) is 6.36. The first-order valence-corrected chi connectivity index (χ1v) is 8.36. The molecule has 0 spiro atoms. The highest BCUT2D eigenvalue weighted by molar-refractivity contribution is 5.88. The summed E-state index contributed by atoms with van der Waals surface area (Å²) in [7, 11) is 2.12. The van der Waals surface area contributed by atoms with E-state index in [4.69, 9.17) is 0 Å². The SMILES string of the molecule is C[C@H]1CC[C@@H](C[C@H](C)n2c(=O)c(C(=O)O)nc3ccccc32)N1C. The van der Waals surface area contributed by atoms with E-state index < -0.39 is 17.2 Å². The molecule has 1 aliphatic rings. The highest BCUT2D eigenvalue weighted by Crippen LogP contribution is 2.29. The van der Waals surface area contributed by atoms with E-state index in [-0.39, 0.29) is 6.04 Å². The van der Waals surface area contributed by atoms with Gasteiger partial charge in [-0.3, -0.25) is 4.79 Å². The van der Waals surface area contributed by atoms with E-state index in [2.05, 4.69) is 23.9 Å². The van der Waals surface area contributed by atoms with Crippen LogP contribution in [0.3, 0.4) is 0 Å². The Morgan fingerprint density at radius 2 is 2.08 bits per heavy atom. The lowest BCUT2D eigenvalue weighted by Gasteiger charge is -2.27. The van der Waals surface area contributed by atoms with Crippen molar-refractivity contribution >= 4 is 17.0 Å². The van der Waals surface area contributed by atoms with Crippen LogP contribution in [-0.4, -0.2) is 44.7 Å². The zero-order valence-corrected chi connectivity index (χ0v) is 14.3. The first-order chi connectivity index (χ1) is 11.4. The normalized spacial score (nSPS) is 22.8. The minimum Gasteiger partial charge on any atom is -0.476 e. The maximum atomic E-state index is 12.7. The van der Waals surface area contributed by atoms with Crippen molar-refractivity contribution in [2.24, 2.45) is 0 Å². The highest BCUT2D eigenvalue weighted by atomic mass is 16.4. The van der Waals surface area contributed by atoms with E-state index in [0.29, 0.717) is 23.1 Å². The molecule has 6 heteroatoms. The number of hydrogen-bond acceptors (Lipinski definition) is 4. The molecule has 1 saturated heterocycles. The van der Waals surface area contributed by atoms with Crippen LogP contribution < -0.4 is 5.56 Å². The van der Waals surface area contributed by atoms with Gasteiger partial charge in [0.05, 0.1) is 11.0 Å². The van der Waals surface area contributed by atoms with Gasteiger partial charge in [0, 0.05) is 18.1 Å². The molecule has 6 nitrogen and oxygen atoms in total. The first-order valence-electron chi connectivity index (χ1n) is 8.36. The van der Waals surface area contributed by atoms with Crippen molar-refractivity contribution in [3.8, 4) is 0 Å². The van der Waals surface area contributed by atoms with Gasteiger partial charge in [-0.15, -0.1) is 0 Å². The molecular weight excluding hydrogens is 306 g/mol. The molecule has 1 N–H and O–H groups in total. The number of aromatic carboxylic acids is 1. The number of carboxylic acids is 1. The molecule has 1 aromatic carbocycles. The minimum atomic E-state index is -1.28. The van der Waals surface area contributed by atoms with Gasteiger partial charge in [0.1, 0.15) is 0 Å². The predicted molar refractivity (Wildman–Crippen MR) is 92.5 cm³/mol. The molecule has 3 atom stereocenters. The van der Waals surface area contributed by atoms with Crippen LogP contribution in [0.25, 0.3) is 11.0 Å². The van der Waals surface area contributed by atoms with Crippen molar-refractivity contribution in [2.75, 3.05) is 7.05 Å². The monoisotopic (exact) mass is 329 g/mol. The highest BCUT2D eigenvalue weighted by Gasteiger charge is 2.29. The Morgan fingerprint density at radius 1 is 1.38 bits per heavy atom. The third-order valence-corrected chi connectivity index (χ3v) is 5.24. The van der Waals surface area contributed by atoms with Crippen molar-refractivity contribution in [2.45, 2.75) is 51.2 Å². The van der Waals surface area contributed by atoms with E-state index in [1.807, 2.05) is 19.1 Å². The second-order valence-corrected chi connectivity index (χ2v) is 6.76. The van der Waals surface area contributed by atoms with Gasteiger partial charge in [0.25, 0.3) is 5.56 Å². The maximum Gasteiger partial charge on any atom is 0.360 e. The van der Waals surface area contributed by atoms with Crippen LogP contribution in [0.2, 0.25) is 0 Å². The molecule has 1 aliphatic heterocycles. The minimum absolute atomic E-state index is 0.0961. The van der Waals surface area contributed by atoms with Gasteiger partial charge in [-0.05, 0) is 52.3 Å². The molecule has 0 amide bonds. The molecule has 0 bridgehead atoms. The molecular formula is C18H23N3O3. The fourth-order valence-electron chi connectivity index (χ4n) is 3.72. The Hall–Kier alpha value is -2.21. The number of carbonyl (C=O) groups is 1. The van der Waals surface area contributed by atoms with Crippen LogP contribution in [0.1, 0.15) is 49.6 Å². The molecule has 0 radical (unpaired) electrons. The Balaban J connectivity index is 2.05. The smallest absolute Gasteiger partial charge is 0.360 e. The zero-order valence-electron chi connectivity index (χ0n) is 14.3. The van der Waals surface area contributed by atoms with Crippen molar-refractivity contribution in [3.05, 3.63) is 40.3 Å². The molecule has 2 heterocycles. The van der Waals surface area contributed by atoms with Gasteiger partial charge in [-0.2, -0.15) is 0 Å². The molecule has 3 rings (SSSR count). The molecule has 24 heavy (non-hydrogen) atoms. The third-order valence-electron chi connectivity index (χ3n) is 5.24. The number of benzene rings is 1. The molecule has 2 aromatic rings. The second-order valence-electron chi connectivity index (χ2n) is 6.76. The fraction of sp³-hybridized carbons (Fsp3) is 0.500. The lowest BCUT2D eigenvalue weighted by molar-refractivity contribution is 0.0688. The van der Waals surface area contributed by atoms with Crippen LogP contribution >= 0.6 is 0 Å². The number of likely N-dealkylation sites (tertiary alicyclic amines) is 1. The Kier molecular flexibility index (Phi) is 4.41. The topological polar surface area (TPSA) is 75.4 Å². The summed E-state index contributed by atoms with van der Waals surface area (Å²) in [6, 6.07) is 8.07. The van der Waals surface area contributed by atoms with Crippen molar-refractivity contribution in [1.82, 2.24) is 14.5 Å². The summed E-state index contributed by atoms with van der Waals surface area (Å²) >= 11 is 0. The lowest BCUT2D eigenvalue weighted by Crippen LogP contribution is -2.35. The van der Waals surface area contributed by atoms with Gasteiger partial charge in [-0.25, -0.2) is 9.78 Å². The first kappa shape index (κ1) is 16.6. The van der Waals surface area contributed by atoms with Crippen LogP contribution in [0, 0.1) is 0 Å². The maximum absolute atomic E-state index is 12.7. The molecule has 0 unspecified atom stereocenters. The van der Waals surface area contributed by atoms with E-state index in [0.717, 1.165) is 19.3 Å². The number of carboxylic acid groups (broad SMARTS) is 1. The number of hydrogen-bond donors (Lipinski definition) is 1. The average Bonchev–Trinajstić information content (AvgIpc) is 2.86. The molecule has 1 aromatic heterocycles. The predicted octanol–water partition coefficient (Wildman–Crippen LogP) is 2.53. The lowest BCUT2D eigenvalue weighted by atomic mass is 10.1. The van der Waals surface area contributed by atoms with Gasteiger partial charge >= 0.3 is 5.97 Å². The number of para-hydroxylation sites is 2. The van der Waals surface area contributed by atoms with Gasteiger partial charge in [0.2, 0.25) is 5.69 Å². The Labute approximate surface area is 140 Å². The van der Waals surface area contributed by atoms with Crippen LogP contribution in [-0.2, 0) is 0 Å². The number of fused-ring (bicyclic) bond motifs is 1. The molecule has 0 saturated carbocycles. The van der Waals surface area contributed by atoms with Gasteiger partial charge < -0.3 is 14.6 Å². The van der Waals surface area contributed by atoms with Crippen molar-refractivity contribution in [1.29, 1.82) is 0 Å². The molecule has 0 aliphatic carbocycles. The van der Waals surface area contributed by atoms with Crippen molar-refractivity contribution < 1.29 is 9.90 Å². The summed E-state index contributed by atoms with van der Waals surface area (Å²) in [4.78, 5) is 30.5. The quantitative estimate of drug-likeness (QED) is 0.933. The standard InChI is InChI=1S/C18H23N3O3/c1-11-8-9-13(20(11)3)10-12(2)21-15-7-5-4-6-14(15)19-16(17(21)22)18(23)24/h4-7,11-13H,8-10H2,1-3H3,(H,23,24)/t11-,12-,13-/m0/s1. The summed E-state index contributed by atoms with van der Waals surface area (Å²) in [6.45, 7) is 4.19. The zero-order chi connectivity index (χ0) is 17.4. The number of rotatable bonds is 4. The average molecular weight is 329 g/mol. The van der Waals surface area contributed by atoms with Crippen LogP contribution in [0.5, 0.6) is 0 Å². The van der Waals surface area contributed by atoms with E-state index in [1.165, 1.54) is 0 Å². The molecule has 1 fully saturated rings. The summed E-state index contributed by atoms with van der Waals surface area (Å²) in [5.74, 6) is -1.28. The van der Waals surface area contributed by atoms with E-state index >= 15 is 0 Å². The summed E-state index contributed by atoms with van der Waals surface area (Å²) in [5, 5.41) is 9.31. The summed E-state index contributed by atoms with van der Waals surface area (Å²) < 4.78 is 1.60. The van der Waals surface area contributed by atoms with Crippen molar-refractivity contribution in [3.63, 3.8) is 0 Å². The van der Waals surface area contributed by atoms with Gasteiger partial charge in [-0.1, -0.05) is 12.1 Å².